The summed E-state index contributed by atoms with van der Waals surface area (Å²) < 4.78 is 16.6. The second-order valence-electron chi connectivity index (χ2n) is 7.23. The van der Waals surface area contributed by atoms with Crippen LogP contribution in [-0.4, -0.2) is 29.4 Å². The lowest BCUT2D eigenvalue weighted by Gasteiger charge is -2.10. The van der Waals surface area contributed by atoms with Gasteiger partial charge in [-0.15, -0.1) is 0 Å². The van der Waals surface area contributed by atoms with E-state index in [9.17, 15) is 14.3 Å². The van der Waals surface area contributed by atoms with E-state index in [4.69, 9.17) is 0 Å². The van der Waals surface area contributed by atoms with Gasteiger partial charge in [0.05, 0.1) is 6.54 Å². The van der Waals surface area contributed by atoms with E-state index < -0.39 is 5.82 Å². The molecule has 0 amide bonds. The predicted molar refractivity (Wildman–Crippen MR) is 121 cm³/mol. The van der Waals surface area contributed by atoms with Gasteiger partial charge in [0.15, 0.2) is 11.5 Å². The zero-order valence-electron chi connectivity index (χ0n) is 17.6. The summed E-state index contributed by atoms with van der Waals surface area (Å²) in [5.41, 5.74) is 0.526. The fourth-order valence-electron chi connectivity index (χ4n) is 3.33. The quantitative estimate of drug-likeness (QED) is 0.317. The number of anilines is 2. The molecule has 0 fully saturated rings. The van der Waals surface area contributed by atoms with Gasteiger partial charge < -0.3 is 10.4 Å². The molecule has 9 heteroatoms. The Hall–Kier alpha value is -4.01. The highest BCUT2D eigenvalue weighted by Crippen LogP contribution is 2.19. The minimum Gasteiger partial charge on any atom is -0.493 e. The molecule has 0 saturated heterocycles. The first-order chi connectivity index (χ1) is 15.6. The standard InChI is InChI=1S/C23H23FN6O2/c1-2-3-4-5-6-13-29-22(32)18-15-25-23(26-17-10-7-9-16(24)14-17)28-21(18)30(29)19-11-8-12-20(31)27-19/h5-12,14-15H,2-4,13H2,1H3,(H,27,31)(H,25,26,28)/b6-5-. The van der Waals surface area contributed by atoms with E-state index in [1.54, 1.807) is 28.9 Å². The summed E-state index contributed by atoms with van der Waals surface area (Å²) in [6, 6.07) is 10.7. The highest BCUT2D eigenvalue weighted by atomic mass is 19.1. The average molecular weight is 434 g/mol. The first kappa shape index (κ1) is 21.2. The molecule has 0 atom stereocenters. The molecule has 8 nitrogen and oxygen atoms in total. The van der Waals surface area contributed by atoms with Crippen LogP contribution in [0.4, 0.5) is 16.0 Å². The molecule has 0 spiro atoms. The normalized spacial score (nSPS) is 11.4. The third-order valence-corrected chi connectivity index (χ3v) is 4.86. The number of benzene rings is 1. The van der Waals surface area contributed by atoms with Crippen molar-refractivity contribution >= 4 is 22.7 Å². The molecule has 0 bridgehead atoms. The molecule has 2 N–H and O–H groups in total. The number of rotatable bonds is 8. The molecule has 0 unspecified atom stereocenters. The number of hydrogen-bond acceptors (Lipinski definition) is 6. The molecule has 0 saturated carbocycles. The third-order valence-electron chi connectivity index (χ3n) is 4.86. The molecule has 3 aromatic heterocycles. The Morgan fingerprint density at radius 2 is 2.00 bits per heavy atom. The zero-order chi connectivity index (χ0) is 22.5. The minimum absolute atomic E-state index is 0.172. The second kappa shape index (κ2) is 9.42. The summed E-state index contributed by atoms with van der Waals surface area (Å²) >= 11 is 0. The Labute approximate surface area is 183 Å². The van der Waals surface area contributed by atoms with Crippen molar-refractivity contribution < 1.29 is 9.50 Å². The number of halogens is 1. The number of hydrogen-bond donors (Lipinski definition) is 2. The van der Waals surface area contributed by atoms with Crippen molar-refractivity contribution in [3.05, 3.63) is 77.0 Å². The van der Waals surface area contributed by atoms with E-state index in [1.807, 2.05) is 12.2 Å². The molecule has 164 valence electrons. The molecule has 0 aliphatic carbocycles. The topological polar surface area (TPSA) is 97.9 Å². The Morgan fingerprint density at radius 3 is 2.78 bits per heavy atom. The number of fused-ring (bicyclic) bond motifs is 1. The van der Waals surface area contributed by atoms with Crippen LogP contribution < -0.4 is 10.9 Å². The largest absolute Gasteiger partial charge is 0.493 e. The van der Waals surface area contributed by atoms with Gasteiger partial charge in [0, 0.05) is 18.0 Å². The zero-order valence-corrected chi connectivity index (χ0v) is 17.6. The van der Waals surface area contributed by atoms with Gasteiger partial charge in [0.1, 0.15) is 11.2 Å². The molecule has 4 aromatic rings. The van der Waals surface area contributed by atoms with Gasteiger partial charge >= 0.3 is 0 Å². The number of unbranched alkanes of at least 4 members (excludes halogenated alkanes) is 2. The van der Waals surface area contributed by atoms with Crippen molar-refractivity contribution in [2.45, 2.75) is 32.7 Å². The van der Waals surface area contributed by atoms with Crippen LogP contribution in [0, 0.1) is 5.82 Å². The van der Waals surface area contributed by atoms with E-state index >= 15 is 0 Å². The molecule has 0 aliphatic rings. The summed E-state index contributed by atoms with van der Waals surface area (Å²) in [5.74, 6) is -0.0194. The summed E-state index contributed by atoms with van der Waals surface area (Å²) in [7, 11) is 0. The van der Waals surface area contributed by atoms with Gasteiger partial charge in [-0.25, -0.2) is 18.7 Å². The molecule has 0 radical (unpaired) electrons. The summed E-state index contributed by atoms with van der Waals surface area (Å²) in [4.78, 5) is 26.0. The fraction of sp³-hybridized carbons (Fsp3) is 0.217. The number of nitrogens with zero attached hydrogens (tertiary/aromatic N) is 5. The number of nitrogens with one attached hydrogen (secondary N) is 1. The van der Waals surface area contributed by atoms with Gasteiger partial charge in [0.25, 0.3) is 5.56 Å². The van der Waals surface area contributed by atoms with Crippen molar-refractivity contribution in [2.24, 2.45) is 0 Å². The number of pyridine rings is 1. The molecule has 4 rings (SSSR count). The molecular formula is C23H23FN6O2. The van der Waals surface area contributed by atoms with Gasteiger partial charge in [0.2, 0.25) is 11.8 Å². The lowest BCUT2D eigenvalue weighted by atomic mass is 10.2. The Morgan fingerprint density at radius 1 is 1.16 bits per heavy atom. The van der Waals surface area contributed by atoms with Crippen LogP contribution in [0.15, 0.2) is 65.6 Å². The van der Waals surface area contributed by atoms with Crippen LogP contribution in [0.25, 0.3) is 16.9 Å². The van der Waals surface area contributed by atoms with Crippen LogP contribution in [0.3, 0.4) is 0 Å². The summed E-state index contributed by atoms with van der Waals surface area (Å²) in [5, 5.41) is 13.1. The third kappa shape index (κ3) is 4.51. The second-order valence-corrected chi connectivity index (χ2v) is 7.23. The SMILES string of the molecule is CCCC/C=C\Cn1c(=O)c2cnc(Nc3cccc(F)c3)nc2n1-c1cccc(O)n1. The van der Waals surface area contributed by atoms with Gasteiger partial charge in [-0.05, 0) is 30.7 Å². The van der Waals surface area contributed by atoms with E-state index in [2.05, 4.69) is 27.2 Å². The smallest absolute Gasteiger partial charge is 0.278 e. The van der Waals surface area contributed by atoms with Crippen molar-refractivity contribution in [3.63, 3.8) is 0 Å². The maximum Gasteiger partial charge on any atom is 0.278 e. The van der Waals surface area contributed by atoms with E-state index in [0.29, 0.717) is 29.1 Å². The highest BCUT2D eigenvalue weighted by molar-refractivity contribution is 5.77. The summed E-state index contributed by atoms with van der Waals surface area (Å²) in [6.45, 7) is 2.43. The maximum absolute atomic E-state index is 13.5. The molecule has 1 aromatic carbocycles. The van der Waals surface area contributed by atoms with Crippen LogP contribution in [0.1, 0.15) is 26.2 Å². The fourth-order valence-corrected chi connectivity index (χ4v) is 3.33. The van der Waals surface area contributed by atoms with Crippen molar-refractivity contribution in [1.82, 2.24) is 24.3 Å². The van der Waals surface area contributed by atoms with Crippen LogP contribution in [0.2, 0.25) is 0 Å². The molecule has 0 aliphatic heterocycles. The van der Waals surface area contributed by atoms with Crippen LogP contribution in [-0.2, 0) is 6.54 Å². The molecular weight excluding hydrogens is 411 g/mol. The first-order valence-electron chi connectivity index (χ1n) is 10.4. The van der Waals surface area contributed by atoms with Crippen molar-refractivity contribution in [3.8, 4) is 11.7 Å². The van der Waals surface area contributed by atoms with Crippen molar-refractivity contribution in [1.29, 1.82) is 0 Å². The van der Waals surface area contributed by atoms with Crippen molar-refractivity contribution in [2.75, 3.05) is 5.32 Å². The van der Waals surface area contributed by atoms with Gasteiger partial charge in [-0.3, -0.25) is 4.79 Å². The number of aromatic nitrogens is 5. The van der Waals surface area contributed by atoms with Crippen LogP contribution in [0.5, 0.6) is 5.88 Å². The lowest BCUT2D eigenvalue weighted by molar-refractivity contribution is 0.450. The predicted octanol–water partition coefficient (Wildman–Crippen LogP) is 4.31. The Balaban J connectivity index is 1.81. The summed E-state index contributed by atoms with van der Waals surface area (Å²) in [6.07, 6.45) is 8.49. The minimum atomic E-state index is -0.391. The average Bonchev–Trinajstić information content (AvgIpc) is 3.05. The van der Waals surface area contributed by atoms with Gasteiger partial charge in [-0.1, -0.05) is 44.1 Å². The maximum atomic E-state index is 13.5. The van der Waals surface area contributed by atoms with Gasteiger partial charge in [-0.2, -0.15) is 9.97 Å². The van der Waals surface area contributed by atoms with E-state index in [1.165, 1.54) is 29.1 Å². The first-order valence-corrected chi connectivity index (χ1v) is 10.4. The molecule has 32 heavy (non-hydrogen) atoms. The highest BCUT2D eigenvalue weighted by Gasteiger charge is 2.18. The lowest BCUT2D eigenvalue weighted by Crippen LogP contribution is -2.22. The van der Waals surface area contributed by atoms with E-state index in [0.717, 1.165) is 19.3 Å². The number of allylic oxidation sites excluding steroid dienone is 2. The molecule has 3 heterocycles. The van der Waals surface area contributed by atoms with Crippen LogP contribution >= 0.6 is 0 Å². The Bertz CT molecular complexity index is 1330. The van der Waals surface area contributed by atoms with E-state index in [-0.39, 0.29) is 17.4 Å². The monoisotopic (exact) mass is 434 g/mol. The Kier molecular flexibility index (Phi) is 6.25. The number of aromatic hydroxyl groups is 1.